The Morgan fingerprint density at radius 2 is 1.95 bits per heavy atom. The number of carbonyl (C=O) groups is 1. The lowest BCUT2D eigenvalue weighted by Gasteiger charge is -2.16. The molecular weight excluding hydrogens is 280 g/mol. The first-order valence-corrected chi connectivity index (χ1v) is 7.14. The molecule has 1 aromatic heterocycles. The highest BCUT2D eigenvalue weighted by molar-refractivity contribution is 5.91. The number of amides is 1. The van der Waals surface area contributed by atoms with Gasteiger partial charge in [0.1, 0.15) is 5.69 Å². The van der Waals surface area contributed by atoms with Gasteiger partial charge in [0, 0.05) is 26.2 Å². The van der Waals surface area contributed by atoms with Crippen LogP contribution in [0.5, 0.6) is 0 Å². The molecule has 1 amide bonds. The fraction of sp³-hybridized carbons (Fsp3) is 0.312. The van der Waals surface area contributed by atoms with Crippen molar-refractivity contribution < 1.29 is 4.79 Å². The summed E-state index contributed by atoms with van der Waals surface area (Å²) in [5.74, 6) is -0.197. The number of likely N-dealkylation sites (N-methyl/N-ethyl adjacent to an activating group) is 2. The van der Waals surface area contributed by atoms with Crippen molar-refractivity contribution in [1.82, 2.24) is 20.0 Å². The van der Waals surface area contributed by atoms with E-state index in [-0.39, 0.29) is 17.2 Å². The summed E-state index contributed by atoms with van der Waals surface area (Å²) >= 11 is 0. The number of benzene rings is 1. The maximum absolute atomic E-state index is 12.3. The minimum atomic E-state index is -0.224. The standard InChI is InChI=1S/C16H20N4O2/c1-17-10-11-19(2)16(22)14-8-9-15(21)20(18-14)12-13-6-4-3-5-7-13/h3-9,17H,10-12H2,1-2H3. The van der Waals surface area contributed by atoms with Gasteiger partial charge in [0.25, 0.3) is 11.5 Å². The molecule has 1 N–H and O–H groups in total. The van der Waals surface area contributed by atoms with Crippen molar-refractivity contribution in [1.29, 1.82) is 0 Å². The predicted octanol–water partition coefficient (Wildman–Crippen LogP) is 0.583. The third-order valence-electron chi connectivity index (χ3n) is 3.30. The lowest BCUT2D eigenvalue weighted by molar-refractivity contribution is 0.0788. The number of nitrogens with zero attached hydrogens (tertiary/aromatic N) is 3. The SMILES string of the molecule is CNCCN(C)C(=O)c1ccc(=O)n(Cc2ccccc2)n1. The van der Waals surface area contributed by atoms with E-state index in [2.05, 4.69) is 10.4 Å². The van der Waals surface area contributed by atoms with E-state index in [1.165, 1.54) is 16.8 Å². The Hall–Kier alpha value is -2.47. The van der Waals surface area contributed by atoms with Crippen molar-refractivity contribution in [3.8, 4) is 0 Å². The molecule has 0 fully saturated rings. The van der Waals surface area contributed by atoms with Crippen molar-refractivity contribution in [2.75, 3.05) is 27.2 Å². The van der Waals surface area contributed by atoms with Crippen molar-refractivity contribution in [2.45, 2.75) is 6.54 Å². The van der Waals surface area contributed by atoms with Crippen LogP contribution in [0.4, 0.5) is 0 Å². The van der Waals surface area contributed by atoms with E-state index in [1.807, 2.05) is 37.4 Å². The maximum atomic E-state index is 12.3. The van der Waals surface area contributed by atoms with Crippen LogP contribution in [-0.4, -0.2) is 47.8 Å². The Bertz CT molecular complexity index is 682. The lowest BCUT2D eigenvalue weighted by Crippen LogP contribution is -2.35. The maximum Gasteiger partial charge on any atom is 0.274 e. The predicted molar refractivity (Wildman–Crippen MR) is 84.9 cm³/mol. The van der Waals surface area contributed by atoms with Gasteiger partial charge in [-0.05, 0) is 18.7 Å². The van der Waals surface area contributed by atoms with Crippen LogP contribution >= 0.6 is 0 Å². The van der Waals surface area contributed by atoms with Gasteiger partial charge in [-0.2, -0.15) is 5.10 Å². The molecule has 0 unspecified atom stereocenters. The van der Waals surface area contributed by atoms with E-state index in [9.17, 15) is 9.59 Å². The average molecular weight is 300 g/mol. The topological polar surface area (TPSA) is 67.2 Å². The molecule has 0 aliphatic rings. The summed E-state index contributed by atoms with van der Waals surface area (Å²) in [5, 5.41) is 7.18. The first-order valence-electron chi connectivity index (χ1n) is 7.14. The minimum Gasteiger partial charge on any atom is -0.339 e. The van der Waals surface area contributed by atoms with Crippen molar-refractivity contribution in [2.24, 2.45) is 0 Å². The Morgan fingerprint density at radius 1 is 1.23 bits per heavy atom. The number of aromatic nitrogens is 2. The summed E-state index contributed by atoms with van der Waals surface area (Å²) in [7, 11) is 3.55. The molecule has 1 heterocycles. The highest BCUT2D eigenvalue weighted by atomic mass is 16.2. The number of rotatable bonds is 6. The molecule has 1 aromatic carbocycles. The average Bonchev–Trinajstić information content (AvgIpc) is 2.55. The fourth-order valence-electron chi connectivity index (χ4n) is 2.01. The van der Waals surface area contributed by atoms with Crippen LogP contribution in [0.15, 0.2) is 47.3 Å². The van der Waals surface area contributed by atoms with Crippen molar-refractivity contribution >= 4 is 5.91 Å². The molecule has 2 aromatic rings. The largest absolute Gasteiger partial charge is 0.339 e. The summed E-state index contributed by atoms with van der Waals surface area (Å²) in [6.07, 6.45) is 0. The van der Waals surface area contributed by atoms with Gasteiger partial charge in [-0.3, -0.25) is 9.59 Å². The van der Waals surface area contributed by atoms with Crippen LogP contribution in [0.3, 0.4) is 0 Å². The van der Waals surface area contributed by atoms with Gasteiger partial charge in [0.15, 0.2) is 0 Å². The number of carbonyl (C=O) groups excluding carboxylic acids is 1. The summed E-state index contributed by atoms with van der Waals surface area (Å²) in [6, 6.07) is 12.4. The van der Waals surface area contributed by atoms with Gasteiger partial charge in [-0.15, -0.1) is 0 Å². The van der Waals surface area contributed by atoms with Gasteiger partial charge in [-0.25, -0.2) is 4.68 Å². The van der Waals surface area contributed by atoms with E-state index in [4.69, 9.17) is 0 Å². The minimum absolute atomic E-state index is 0.197. The Morgan fingerprint density at radius 3 is 2.64 bits per heavy atom. The third-order valence-corrected chi connectivity index (χ3v) is 3.30. The molecule has 0 atom stereocenters. The highest BCUT2D eigenvalue weighted by Crippen LogP contribution is 2.01. The van der Waals surface area contributed by atoms with E-state index < -0.39 is 0 Å². The molecule has 6 nitrogen and oxygen atoms in total. The second-order valence-corrected chi connectivity index (χ2v) is 5.03. The number of hydrogen-bond acceptors (Lipinski definition) is 4. The monoisotopic (exact) mass is 300 g/mol. The van der Waals surface area contributed by atoms with Gasteiger partial charge >= 0.3 is 0 Å². The van der Waals surface area contributed by atoms with Crippen LogP contribution in [0.2, 0.25) is 0 Å². The normalized spacial score (nSPS) is 10.5. The van der Waals surface area contributed by atoms with Gasteiger partial charge in [0.05, 0.1) is 6.54 Å². The van der Waals surface area contributed by atoms with Crippen molar-refractivity contribution in [3.05, 3.63) is 64.1 Å². The zero-order valence-corrected chi connectivity index (χ0v) is 12.8. The first-order chi connectivity index (χ1) is 10.6. The van der Waals surface area contributed by atoms with Crippen LogP contribution in [0, 0.1) is 0 Å². The zero-order chi connectivity index (χ0) is 15.9. The summed E-state index contributed by atoms with van der Waals surface area (Å²) in [5.41, 5.74) is 1.01. The molecule has 0 spiro atoms. The molecule has 2 rings (SSSR count). The molecule has 6 heteroatoms. The molecule has 0 saturated heterocycles. The Kier molecular flexibility index (Phi) is 5.43. The molecule has 0 saturated carbocycles. The van der Waals surface area contributed by atoms with Crippen LogP contribution < -0.4 is 10.9 Å². The summed E-state index contributed by atoms with van der Waals surface area (Å²) in [6.45, 7) is 1.63. The Balaban J connectivity index is 2.19. The molecule has 0 radical (unpaired) electrons. The van der Waals surface area contributed by atoms with E-state index in [0.717, 1.165) is 5.56 Å². The Labute approximate surface area is 129 Å². The molecule has 116 valence electrons. The highest BCUT2D eigenvalue weighted by Gasteiger charge is 2.14. The molecule has 0 aliphatic heterocycles. The third kappa shape index (κ3) is 4.02. The summed E-state index contributed by atoms with van der Waals surface area (Å²) < 4.78 is 1.31. The molecule has 0 aliphatic carbocycles. The zero-order valence-electron chi connectivity index (χ0n) is 12.8. The quantitative estimate of drug-likeness (QED) is 0.847. The number of hydrogen-bond donors (Lipinski definition) is 1. The molecular formula is C16H20N4O2. The van der Waals surface area contributed by atoms with Crippen LogP contribution in [0.1, 0.15) is 16.1 Å². The van der Waals surface area contributed by atoms with Crippen molar-refractivity contribution in [3.63, 3.8) is 0 Å². The second kappa shape index (κ2) is 7.51. The van der Waals surface area contributed by atoms with Gasteiger partial charge in [-0.1, -0.05) is 30.3 Å². The van der Waals surface area contributed by atoms with E-state index >= 15 is 0 Å². The smallest absolute Gasteiger partial charge is 0.274 e. The molecule has 0 bridgehead atoms. The van der Waals surface area contributed by atoms with Crippen LogP contribution in [0.25, 0.3) is 0 Å². The van der Waals surface area contributed by atoms with Gasteiger partial charge < -0.3 is 10.2 Å². The lowest BCUT2D eigenvalue weighted by atomic mass is 10.2. The second-order valence-electron chi connectivity index (χ2n) is 5.03. The fourth-order valence-corrected chi connectivity index (χ4v) is 2.01. The first kappa shape index (κ1) is 15.9. The van der Waals surface area contributed by atoms with Gasteiger partial charge in [0.2, 0.25) is 0 Å². The summed E-state index contributed by atoms with van der Waals surface area (Å²) in [4.78, 5) is 25.8. The number of nitrogens with one attached hydrogen (secondary N) is 1. The molecule has 22 heavy (non-hydrogen) atoms. The van der Waals surface area contributed by atoms with E-state index in [1.54, 1.807) is 11.9 Å². The van der Waals surface area contributed by atoms with E-state index in [0.29, 0.717) is 19.6 Å². The van der Waals surface area contributed by atoms with Crippen LogP contribution in [-0.2, 0) is 6.54 Å².